The van der Waals surface area contributed by atoms with E-state index in [1.807, 2.05) is 23.1 Å². The first-order chi connectivity index (χ1) is 17.2. The van der Waals surface area contributed by atoms with Crippen molar-refractivity contribution in [2.75, 3.05) is 18.6 Å². The van der Waals surface area contributed by atoms with Crippen molar-refractivity contribution in [2.24, 2.45) is 7.05 Å². The van der Waals surface area contributed by atoms with Crippen molar-refractivity contribution < 1.29 is 14.6 Å². The summed E-state index contributed by atoms with van der Waals surface area (Å²) in [5.41, 5.74) is 3.61. The van der Waals surface area contributed by atoms with Crippen molar-refractivity contribution in [3.05, 3.63) is 81.7 Å². The largest absolute Gasteiger partial charge is 0.465 e. The number of aliphatic hydroxyl groups is 1. The number of benzene rings is 1. The number of rotatable bonds is 4. The van der Waals surface area contributed by atoms with Gasteiger partial charge in [0.1, 0.15) is 16.8 Å². The molecule has 0 bridgehead atoms. The van der Waals surface area contributed by atoms with Crippen LogP contribution in [-0.4, -0.2) is 44.2 Å². The Balaban J connectivity index is 1.66. The first-order valence-corrected chi connectivity index (χ1v) is 11.7. The molecule has 36 heavy (non-hydrogen) atoms. The second-order valence-corrected chi connectivity index (χ2v) is 9.48. The van der Waals surface area contributed by atoms with Gasteiger partial charge in [-0.25, -0.2) is 14.8 Å². The second kappa shape index (κ2) is 8.83. The quantitative estimate of drug-likeness (QED) is 0.440. The Morgan fingerprint density at radius 1 is 1.17 bits per heavy atom. The van der Waals surface area contributed by atoms with E-state index in [4.69, 9.17) is 9.72 Å². The average Bonchev–Trinajstić information content (AvgIpc) is 2.88. The van der Waals surface area contributed by atoms with E-state index in [2.05, 4.69) is 9.97 Å². The number of methoxy groups -OCH3 is 1. The normalized spacial score (nSPS) is 13.5. The highest BCUT2D eigenvalue weighted by atomic mass is 16.5. The maximum atomic E-state index is 13.2. The summed E-state index contributed by atoms with van der Waals surface area (Å²) >= 11 is 0. The summed E-state index contributed by atoms with van der Waals surface area (Å²) in [4.78, 5) is 41.5. The van der Waals surface area contributed by atoms with Crippen LogP contribution < -0.4 is 10.5 Å². The Hall–Kier alpha value is -4.11. The van der Waals surface area contributed by atoms with Crippen molar-refractivity contribution >= 4 is 22.7 Å². The zero-order valence-corrected chi connectivity index (χ0v) is 20.6. The van der Waals surface area contributed by atoms with Gasteiger partial charge in [-0.1, -0.05) is 12.1 Å². The molecule has 0 fully saturated rings. The zero-order chi connectivity index (χ0) is 25.6. The third-order valence-corrected chi connectivity index (χ3v) is 6.55. The highest BCUT2D eigenvalue weighted by Crippen LogP contribution is 2.32. The summed E-state index contributed by atoms with van der Waals surface area (Å²) in [5.74, 6) is 0.115. The molecule has 1 aliphatic rings. The maximum Gasteiger partial charge on any atom is 0.338 e. The lowest BCUT2D eigenvalue weighted by Crippen LogP contribution is -2.34. The third-order valence-electron chi connectivity index (χ3n) is 6.55. The van der Waals surface area contributed by atoms with Crippen LogP contribution in [0.3, 0.4) is 0 Å². The smallest absolute Gasteiger partial charge is 0.338 e. The first-order valence-electron chi connectivity index (χ1n) is 11.7. The number of aryl methyl sites for hydroxylation is 1. The minimum absolute atomic E-state index is 0.198. The molecule has 0 atom stereocenters. The van der Waals surface area contributed by atoms with Gasteiger partial charge >= 0.3 is 5.97 Å². The standard InChI is InChI=1S/C27H27N5O4/c1-27(2,35)22-9-8-17(13-28-22)20-12-21-23(25(33)31(3)15-29-21)24(30-20)32-11-10-16-6-5-7-18(19(16)14-32)26(34)36-4/h5-9,12-13,15,35H,10-11,14H2,1-4H3. The van der Waals surface area contributed by atoms with Gasteiger partial charge in [-0.05, 0) is 55.7 Å². The number of carbonyl (C=O) groups excluding carboxylic acids is 1. The van der Waals surface area contributed by atoms with E-state index in [9.17, 15) is 14.7 Å². The molecule has 1 aromatic carbocycles. The summed E-state index contributed by atoms with van der Waals surface area (Å²) in [6.45, 7) is 4.38. The molecule has 0 radical (unpaired) electrons. The molecule has 0 saturated carbocycles. The van der Waals surface area contributed by atoms with E-state index in [1.165, 1.54) is 18.0 Å². The summed E-state index contributed by atoms with van der Waals surface area (Å²) in [7, 11) is 3.03. The van der Waals surface area contributed by atoms with Crippen molar-refractivity contribution in [1.29, 1.82) is 0 Å². The lowest BCUT2D eigenvalue weighted by atomic mass is 9.94. The van der Waals surface area contributed by atoms with E-state index in [0.29, 0.717) is 53.2 Å². The highest BCUT2D eigenvalue weighted by Gasteiger charge is 2.26. The van der Waals surface area contributed by atoms with E-state index in [0.717, 1.165) is 16.7 Å². The number of pyridine rings is 2. The fourth-order valence-corrected chi connectivity index (χ4v) is 4.55. The molecule has 0 saturated heterocycles. The Kier molecular flexibility index (Phi) is 5.80. The molecule has 3 aromatic heterocycles. The minimum Gasteiger partial charge on any atom is -0.465 e. The van der Waals surface area contributed by atoms with Crippen LogP contribution in [0.15, 0.2) is 53.7 Å². The second-order valence-electron chi connectivity index (χ2n) is 9.48. The van der Waals surface area contributed by atoms with Gasteiger partial charge in [-0.15, -0.1) is 0 Å². The summed E-state index contributed by atoms with van der Waals surface area (Å²) < 4.78 is 6.43. The van der Waals surface area contributed by atoms with Crippen LogP contribution in [-0.2, 0) is 30.4 Å². The molecule has 0 unspecified atom stereocenters. The van der Waals surface area contributed by atoms with E-state index in [1.54, 1.807) is 45.3 Å². The van der Waals surface area contributed by atoms with Crippen LogP contribution in [0.25, 0.3) is 22.2 Å². The number of esters is 1. The molecule has 9 heteroatoms. The zero-order valence-electron chi connectivity index (χ0n) is 20.6. The molecule has 0 amide bonds. The first kappa shape index (κ1) is 23.6. The molecule has 0 spiro atoms. The Morgan fingerprint density at radius 3 is 2.67 bits per heavy atom. The number of anilines is 1. The number of hydrogen-bond acceptors (Lipinski definition) is 8. The van der Waals surface area contributed by atoms with Gasteiger partial charge in [0.25, 0.3) is 5.56 Å². The Morgan fingerprint density at radius 2 is 1.97 bits per heavy atom. The fourth-order valence-electron chi connectivity index (χ4n) is 4.55. The molecule has 9 nitrogen and oxygen atoms in total. The molecular weight excluding hydrogens is 458 g/mol. The van der Waals surface area contributed by atoms with E-state index in [-0.39, 0.29) is 5.56 Å². The van der Waals surface area contributed by atoms with Crippen molar-refractivity contribution in [3.8, 4) is 11.3 Å². The van der Waals surface area contributed by atoms with Crippen molar-refractivity contribution in [2.45, 2.75) is 32.4 Å². The summed E-state index contributed by atoms with van der Waals surface area (Å²) in [6, 6.07) is 11.0. The minimum atomic E-state index is -1.06. The number of nitrogens with zero attached hydrogens (tertiary/aromatic N) is 5. The van der Waals surface area contributed by atoms with Gasteiger partial charge in [-0.3, -0.25) is 9.78 Å². The van der Waals surface area contributed by atoms with Crippen LogP contribution in [0, 0.1) is 0 Å². The molecule has 184 valence electrons. The van der Waals surface area contributed by atoms with Gasteiger partial charge in [0.15, 0.2) is 0 Å². The third kappa shape index (κ3) is 4.11. The van der Waals surface area contributed by atoms with Crippen LogP contribution in [0.1, 0.15) is 41.0 Å². The van der Waals surface area contributed by atoms with Crippen LogP contribution in [0.2, 0.25) is 0 Å². The fraction of sp³-hybridized carbons (Fsp3) is 0.296. The molecular formula is C27H27N5O4. The SMILES string of the molecule is COC(=O)c1cccc2c1CN(c1nc(-c3ccc(C(C)(C)O)nc3)cc3ncn(C)c(=O)c13)CC2. The molecule has 1 N–H and O–H groups in total. The maximum absolute atomic E-state index is 13.2. The molecule has 1 aliphatic heterocycles. The molecule has 5 rings (SSSR count). The lowest BCUT2D eigenvalue weighted by molar-refractivity contribution is 0.0599. The van der Waals surface area contributed by atoms with Crippen molar-refractivity contribution in [1.82, 2.24) is 19.5 Å². The average molecular weight is 486 g/mol. The molecule has 4 heterocycles. The predicted octanol–water partition coefficient (Wildman–Crippen LogP) is 2.97. The highest BCUT2D eigenvalue weighted by molar-refractivity contribution is 5.93. The monoisotopic (exact) mass is 485 g/mol. The Labute approximate surface area is 208 Å². The predicted molar refractivity (Wildman–Crippen MR) is 136 cm³/mol. The van der Waals surface area contributed by atoms with Gasteiger partial charge < -0.3 is 19.3 Å². The number of hydrogen-bond donors (Lipinski definition) is 1. The number of fused-ring (bicyclic) bond motifs is 2. The van der Waals surface area contributed by atoms with Gasteiger partial charge in [-0.2, -0.15) is 0 Å². The van der Waals surface area contributed by atoms with Crippen LogP contribution in [0.4, 0.5) is 5.82 Å². The number of ether oxygens (including phenoxy) is 1. The summed E-state index contributed by atoms with van der Waals surface area (Å²) in [5, 5.41) is 10.7. The number of carbonyl (C=O) groups is 1. The number of aromatic nitrogens is 4. The van der Waals surface area contributed by atoms with Crippen molar-refractivity contribution in [3.63, 3.8) is 0 Å². The van der Waals surface area contributed by atoms with Crippen LogP contribution in [0.5, 0.6) is 0 Å². The topological polar surface area (TPSA) is 110 Å². The van der Waals surface area contributed by atoms with Crippen LogP contribution >= 0.6 is 0 Å². The van der Waals surface area contributed by atoms with Gasteiger partial charge in [0.2, 0.25) is 0 Å². The Bertz CT molecular complexity index is 1540. The van der Waals surface area contributed by atoms with E-state index < -0.39 is 11.6 Å². The van der Waals surface area contributed by atoms with Gasteiger partial charge in [0.05, 0.1) is 35.9 Å². The lowest BCUT2D eigenvalue weighted by Gasteiger charge is -2.31. The van der Waals surface area contributed by atoms with Gasteiger partial charge in [0, 0.05) is 31.9 Å². The molecule has 4 aromatic rings. The van der Waals surface area contributed by atoms with E-state index >= 15 is 0 Å². The summed E-state index contributed by atoms with van der Waals surface area (Å²) in [6.07, 6.45) is 3.85. The molecule has 0 aliphatic carbocycles.